The van der Waals surface area contributed by atoms with Crippen molar-refractivity contribution >= 4 is 0 Å². The number of hydrogen-bond acceptors (Lipinski definition) is 0. The van der Waals surface area contributed by atoms with Crippen molar-refractivity contribution in [2.45, 2.75) is 0 Å². The molecule has 0 bridgehead atoms. The molecular weight excluding hydrogens is 432 g/mol. The van der Waals surface area contributed by atoms with E-state index in [1.165, 1.54) is 44.5 Å². The fraction of sp³-hybridized carbons (Fsp3) is 0. The van der Waals surface area contributed by atoms with Crippen molar-refractivity contribution in [3.63, 3.8) is 0 Å². The van der Waals surface area contributed by atoms with E-state index in [9.17, 15) is 0 Å². The van der Waals surface area contributed by atoms with Crippen LogP contribution in [0.15, 0.2) is 170 Å². The molecular formula is C36H28. The standard InChI is InChI=1S/2C18H14/c2*1-3-9-15(10-4-1)17-13-7-8-14-18(17)16-11-5-2-6-12-16/h2*1-14H. The van der Waals surface area contributed by atoms with Crippen LogP contribution in [0.1, 0.15) is 0 Å². The Balaban J connectivity index is 0.000000148. The van der Waals surface area contributed by atoms with Crippen LogP contribution in [0.3, 0.4) is 0 Å². The van der Waals surface area contributed by atoms with Crippen LogP contribution in [-0.2, 0) is 0 Å². The highest BCUT2D eigenvalue weighted by Gasteiger charge is 2.06. The van der Waals surface area contributed by atoms with Gasteiger partial charge < -0.3 is 0 Å². The Morgan fingerprint density at radius 3 is 0.528 bits per heavy atom. The van der Waals surface area contributed by atoms with E-state index in [0.29, 0.717) is 0 Å². The molecule has 0 aliphatic rings. The summed E-state index contributed by atoms with van der Waals surface area (Å²) < 4.78 is 0. The van der Waals surface area contributed by atoms with Crippen LogP contribution in [0.4, 0.5) is 0 Å². The highest BCUT2D eigenvalue weighted by atomic mass is 14.1. The first-order valence-corrected chi connectivity index (χ1v) is 12.3. The molecule has 0 aliphatic carbocycles. The van der Waals surface area contributed by atoms with E-state index in [-0.39, 0.29) is 0 Å². The van der Waals surface area contributed by atoms with Crippen molar-refractivity contribution in [1.29, 1.82) is 0 Å². The molecule has 0 unspecified atom stereocenters. The molecule has 0 radical (unpaired) electrons. The Morgan fingerprint density at radius 2 is 0.333 bits per heavy atom. The minimum atomic E-state index is 1.26. The lowest BCUT2D eigenvalue weighted by molar-refractivity contribution is 1.58. The Bertz CT molecular complexity index is 1250. The van der Waals surface area contributed by atoms with Crippen LogP contribution in [0.5, 0.6) is 0 Å². The van der Waals surface area contributed by atoms with Crippen LogP contribution in [0.2, 0.25) is 0 Å². The van der Waals surface area contributed by atoms with E-state index in [2.05, 4.69) is 170 Å². The Labute approximate surface area is 214 Å². The molecule has 0 atom stereocenters. The lowest BCUT2D eigenvalue weighted by Crippen LogP contribution is -1.83. The normalized spacial score (nSPS) is 10.2. The predicted octanol–water partition coefficient (Wildman–Crippen LogP) is 10.0. The molecule has 0 nitrogen and oxygen atoms in total. The summed E-state index contributed by atoms with van der Waals surface area (Å²) >= 11 is 0. The molecule has 36 heavy (non-hydrogen) atoms. The van der Waals surface area contributed by atoms with Crippen LogP contribution < -0.4 is 0 Å². The second kappa shape index (κ2) is 11.6. The van der Waals surface area contributed by atoms with Gasteiger partial charge in [0.05, 0.1) is 0 Å². The molecule has 0 fully saturated rings. The zero-order valence-corrected chi connectivity index (χ0v) is 20.2. The summed E-state index contributed by atoms with van der Waals surface area (Å²) in [6.45, 7) is 0. The van der Waals surface area contributed by atoms with Crippen molar-refractivity contribution in [2.75, 3.05) is 0 Å². The van der Waals surface area contributed by atoms with Crippen molar-refractivity contribution in [2.24, 2.45) is 0 Å². The third kappa shape index (κ3) is 5.51. The molecule has 6 aromatic rings. The van der Waals surface area contributed by atoms with Gasteiger partial charge in [-0.05, 0) is 44.5 Å². The molecule has 0 N–H and O–H groups in total. The number of hydrogen-bond donors (Lipinski definition) is 0. The summed E-state index contributed by atoms with van der Waals surface area (Å²) in [6.07, 6.45) is 0. The van der Waals surface area contributed by atoms with Crippen LogP contribution in [0.25, 0.3) is 44.5 Å². The summed E-state index contributed by atoms with van der Waals surface area (Å²) in [6, 6.07) is 59.2. The van der Waals surface area contributed by atoms with Crippen LogP contribution >= 0.6 is 0 Å². The quantitative estimate of drug-likeness (QED) is 0.245. The molecule has 0 heterocycles. The molecule has 0 saturated carbocycles. The Hall–Kier alpha value is -4.68. The summed E-state index contributed by atoms with van der Waals surface area (Å²) in [7, 11) is 0. The first kappa shape index (κ1) is 23.1. The van der Waals surface area contributed by atoms with Gasteiger partial charge in [0.2, 0.25) is 0 Å². The second-order valence-corrected chi connectivity index (χ2v) is 8.56. The predicted molar refractivity (Wildman–Crippen MR) is 155 cm³/mol. The number of benzene rings is 6. The van der Waals surface area contributed by atoms with Crippen LogP contribution in [0, 0.1) is 0 Å². The minimum absolute atomic E-state index is 1.26. The Morgan fingerprint density at radius 1 is 0.167 bits per heavy atom. The molecule has 0 spiro atoms. The van der Waals surface area contributed by atoms with Gasteiger partial charge in [0.1, 0.15) is 0 Å². The molecule has 172 valence electrons. The van der Waals surface area contributed by atoms with Crippen molar-refractivity contribution in [1.82, 2.24) is 0 Å². The van der Waals surface area contributed by atoms with Crippen LogP contribution in [-0.4, -0.2) is 0 Å². The maximum atomic E-state index is 2.18. The maximum Gasteiger partial charge on any atom is -0.0105 e. The maximum absolute atomic E-state index is 2.18. The van der Waals surface area contributed by atoms with E-state index in [4.69, 9.17) is 0 Å². The van der Waals surface area contributed by atoms with Gasteiger partial charge in [0, 0.05) is 0 Å². The molecule has 0 amide bonds. The highest BCUT2D eigenvalue weighted by molar-refractivity contribution is 5.84. The smallest absolute Gasteiger partial charge is 0.0105 e. The summed E-state index contributed by atoms with van der Waals surface area (Å²) in [5.74, 6) is 0. The average Bonchev–Trinajstić information content (AvgIpc) is 2.99. The van der Waals surface area contributed by atoms with E-state index in [1.807, 2.05) is 0 Å². The van der Waals surface area contributed by atoms with Gasteiger partial charge in [0.25, 0.3) is 0 Å². The molecule has 6 rings (SSSR count). The largest absolute Gasteiger partial charge is 0.0622 e. The van der Waals surface area contributed by atoms with Gasteiger partial charge in [-0.1, -0.05) is 170 Å². The van der Waals surface area contributed by atoms with E-state index in [1.54, 1.807) is 0 Å². The molecule has 6 aromatic carbocycles. The van der Waals surface area contributed by atoms with Gasteiger partial charge >= 0.3 is 0 Å². The van der Waals surface area contributed by atoms with Crippen molar-refractivity contribution in [3.05, 3.63) is 170 Å². The van der Waals surface area contributed by atoms with Gasteiger partial charge in [0.15, 0.2) is 0 Å². The average molecular weight is 461 g/mol. The lowest BCUT2D eigenvalue weighted by Gasteiger charge is -2.09. The van der Waals surface area contributed by atoms with Gasteiger partial charge in [-0.15, -0.1) is 0 Å². The second-order valence-electron chi connectivity index (χ2n) is 8.56. The van der Waals surface area contributed by atoms with Crippen molar-refractivity contribution in [3.8, 4) is 44.5 Å². The molecule has 0 aromatic heterocycles. The third-order valence-corrected chi connectivity index (χ3v) is 6.19. The fourth-order valence-corrected chi connectivity index (χ4v) is 4.44. The van der Waals surface area contributed by atoms with E-state index < -0.39 is 0 Å². The zero-order chi connectivity index (χ0) is 24.4. The topological polar surface area (TPSA) is 0 Å². The summed E-state index contributed by atoms with van der Waals surface area (Å²) in [5.41, 5.74) is 10.2. The molecule has 0 saturated heterocycles. The lowest BCUT2D eigenvalue weighted by atomic mass is 9.95. The first-order valence-electron chi connectivity index (χ1n) is 12.3. The fourth-order valence-electron chi connectivity index (χ4n) is 4.44. The van der Waals surface area contributed by atoms with Gasteiger partial charge in [-0.25, -0.2) is 0 Å². The SMILES string of the molecule is c1ccc(-c2ccccc2-c2ccccc2)cc1.c1ccc(-c2ccccc2-c2ccccc2)cc1. The zero-order valence-electron chi connectivity index (χ0n) is 20.2. The van der Waals surface area contributed by atoms with Crippen molar-refractivity contribution < 1.29 is 0 Å². The van der Waals surface area contributed by atoms with Gasteiger partial charge in [-0.2, -0.15) is 0 Å². The molecule has 0 aliphatic heterocycles. The first-order chi connectivity index (χ1) is 17.9. The monoisotopic (exact) mass is 460 g/mol. The minimum Gasteiger partial charge on any atom is -0.0622 e. The highest BCUT2D eigenvalue weighted by Crippen LogP contribution is 2.32. The molecule has 0 heteroatoms. The third-order valence-electron chi connectivity index (χ3n) is 6.19. The summed E-state index contributed by atoms with van der Waals surface area (Å²) in [4.78, 5) is 0. The van der Waals surface area contributed by atoms with E-state index >= 15 is 0 Å². The Kier molecular flexibility index (Phi) is 7.46. The summed E-state index contributed by atoms with van der Waals surface area (Å²) in [5, 5.41) is 0. The van der Waals surface area contributed by atoms with Gasteiger partial charge in [-0.3, -0.25) is 0 Å². The van der Waals surface area contributed by atoms with E-state index in [0.717, 1.165) is 0 Å². The number of rotatable bonds is 4.